The van der Waals surface area contributed by atoms with Gasteiger partial charge in [0.15, 0.2) is 0 Å². The van der Waals surface area contributed by atoms with Gasteiger partial charge in [-0.05, 0) is 30.6 Å². The van der Waals surface area contributed by atoms with Crippen LogP contribution in [0.2, 0.25) is 0 Å². The van der Waals surface area contributed by atoms with E-state index in [2.05, 4.69) is 0 Å². The maximum atomic E-state index is 11.5. The van der Waals surface area contributed by atoms with Crippen LogP contribution >= 0.6 is 11.8 Å². The number of hydrogen-bond donors (Lipinski definition) is 1. The summed E-state index contributed by atoms with van der Waals surface area (Å²) in [7, 11) is 0. The normalized spacial score (nSPS) is 12.1. The fourth-order valence-corrected chi connectivity index (χ4v) is 1.67. The second-order valence-corrected chi connectivity index (χ2v) is 4.39. The van der Waals surface area contributed by atoms with Gasteiger partial charge in [-0.1, -0.05) is 18.2 Å². The highest BCUT2D eigenvalue weighted by Crippen LogP contribution is 2.04. The molecule has 0 spiro atoms. The monoisotopic (exact) mass is 240 g/mol. The van der Waals surface area contributed by atoms with Crippen molar-refractivity contribution >= 4 is 17.7 Å². The highest BCUT2D eigenvalue weighted by Gasteiger charge is 2.09. The molecule has 1 N–H and O–H groups in total. The Labute approximate surface area is 99.8 Å². The summed E-state index contributed by atoms with van der Waals surface area (Å²) in [5.41, 5.74) is 0.513. The predicted molar refractivity (Wildman–Crippen MR) is 65.7 cm³/mol. The molecule has 0 saturated carbocycles. The molecule has 0 fully saturated rings. The van der Waals surface area contributed by atoms with Crippen LogP contribution in [0.1, 0.15) is 16.8 Å². The zero-order valence-electron chi connectivity index (χ0n) is 9.26. The molecule has 0 aromatic heterocycles. The molecule has 0 saturated heterocycles. The van der Waals surface area contributed by atoms with Gasteiger partial charge in [0.1, 0.15) is 6.61 Å². The Morgan fingerprint density at radius 2 is 2.12 bits per heavy atom. The lowest BCUT2D eigenvalue weighted by atomic mass is 10.2. The van der Waals surface area contributed by atoms with Gasteiger partial charge in [-0.3, -0.25) is 0 Å². The Kier molecular flexibility index (Phi) is 5.96. The number of ether oxygens (including phenoxy) is 1. The average Bonchev–Trinajstić information content (AvgIpc) is 2.34. The van der Waals surface area contributed by atoms with Crippen molar-refractivity contribution in [2.75, 3.05) is 18.6 Å². The first-order chi connectivity index (χ1) is 7.74. The molecule has 0 heterocycles. The van der Waals surface area contributed by atoms with E-state index in [4.69, 9.17) is 4.74 Å². The topological polar surface area (TPSA) is 46.5 Å². The summed E-state index contributed by atoms with van der Waals surface area (Å²) in [5, 5.41) is 9.49. The van der Waals surface area contributed by atoms with Gasteiger partial charge in [-0.15, -0.1) is 0 Å². The molecular weight excluding hydrogens is 224 g/mol. The van der Waals surface area contributed by atoms with E-state index in [9.17, 15) is 9.90 Å². The summed E-state index contributed by atoms with van der Waals surface area (Å²) in [6.45, 7) is 0.0638. The van der Waals surface area contributed by atoms with Gasteiger partial charge in [0.2, 0.25) is 0 Å². The number of carbonyl (C=O) groups is 1. The fourth-order valence-electron chi connectivity index (χ4n) is 1.17. The number of aliphatic hydroxyl groups is 1. The minimum Gasteiger partial charge on any atom is -0.459 e. The molecule has 0 aliphatic carbocycles. The maximum absolute atomic E-state index is 11.5. The molecule has 1 aromatic rings. The van der Waals surface area contributed by atoms with E-state index < -0.39 is 6.10 Å². The van der Waals surface area contributed by atoms with E-state index in [0.29, 0.717) is 12.0 Å². The number of aliphatic hydroxyl groups excluding tert-OH is 1. The number of carbonyl (C=O) groups excluding carboxylic acids is 1. The molecule has 0 amide bonds. The Balaban J connectivity index is 2.30. The van der Waals surface area contributed by atoms with E-state index in [1.165, 1.54) is 0 Å². The van der Waals surface area contributed by atoms with E-state index in [-0.39, 0.29) is 12.6 Å². The number of benzene rings is 1. The molecule has 1 aromatic carbocycles. The third-order valence-corrected chi connectivity index (χ3v) is 2.72. The standard InChI is InChI=1S/C12H16O3S/c1-16-8-7-11(13)9-15-12(14)10-5-3-2-4-6-10/h2-6,11,13H,7-9H2,1H3. The maximum Gasteiger partial charge on any atom is 0.338 e. The smallest absolute Gasteiger partial charge is 0.338 e. The van der Waals surface area contributed by atoms with Crippen LogP contribution in [0.15, 0.2) is 30.3 Å². The van der Waals surface area contributed by atoms with Gasteiger partial charge in [-0.2, -0.15) is 11.8 Å². The van der Waals surface area contributed by atoms with Crippen LogP contribution < -0.4 is 0 Å². The second kappa shape index (κ2) is 7.30. The van der Waals surface area contributed by atoms with E-state index in [1.807, 2.05) is 12.3 Å². The number of esters is 1. The third-order valence-electron chi connectivity index (χ3n) is 2.07. The Hall–Kier alpha value is -1.00. The summed E-state index contributed by atoms with van der Waals surface area (Å²) in [6, 6.07) is 8.78. The van der Waals surface area contributed by atoms with Gasteiger partial charge in [0.05, 0.1) is 11.7 Å². The highest BCUT2D eigenvalue weighted by atomic mass is 32.2. The zero-order valence-corrected chi connectivity index (χ0v) is 10.1. The van der Waals surface area contributed by atoms with Gasteiger partial charge in [-0.25, -0.2) is 4.79 Å². The minimum atomic E-state index is -0.569. The first kappa shape index (κ1) is 13.1. The summed E-state index contributed by atoms with van der Waals surface area (Å²) in [4.78, 5) is 11.5. The minimum absolute atomic E-state index is 0.0638. The predicted octanol–water partition coefficient (Wildman–Crippen LogP) is 1.96. The molecule has 3 nitrogen and oxygen atoms in total. The Morgan fingerprint density at radius 3 is 2.75 bits per heavy atom. The molecule has 1 unspecified atom stereocenters. The lowest BCUT2D eigenvalue weighted by molar-refractivity contribution is 0.0252. The van der Waals surface area contributed by atoms with Crippen molar-refractivity contribution in [3.05, 3.63) is 35.9 Å². The Bertz CT molecular complexity index is 313. The van der Waals surface area contributed by atoms with Gasteiger partial charge in [0, 0.05) is 0 Å². The quantitative estimate of drug-likeness (QED) is 0.772. The van der Waals surface area contributed by atoms with Crippen molar-refractivity contribution in [2.24, 2.45) is 0 Å². The van der Waals surface area contributed by atoms with E-state index in [0.717, 1.165) is 5.75 Å². The van der Waals surface area contributed by atoms with Gasteiger partial charge < -0.3 is 9.84 Å². The lowest BCUT2D eigenvalue weighted by Crippen LogP contribution is -2.19. The molecule has 1 rings (SSSR count). The van der Waals surface area contributed by atoms with Crippen LogP contribution in [0.3, 0.4) is 0 Å². The summed E-state index contributed by atoms with van der Waals surface area (Å²) in [5.74, 6) is 0.480. The fraction of sp³-hybridized carbons (Fsp3) is 0.417. The van der Waals surface area contributed by atoms with Crippen LogP contribution in [-0.2, 0) is 4.74 Å². The number of rotatable bonds is 6. The first-order valence-corrected chi connectivity index (χ1v) is 6.52. The summed E-state index contributed by atoms with van der Waals surface area (Å²) in [6.07, 6.45) is 2.05. The first-order valence-electron chi connectivity index (χ1n) is 5.13. The molecule has 4 heteroatoms. The Morgan fingerprint density at radius 1 is 1.44 bits per heavy atom. The molecular formula is C12H16O3S. The molecule has 0 aliphatic heterocycles. The van der Waals surface area contributed by atoms with Crippen molar-refractivity contribution < 1.29 is 14.6 Å². The largest absolute Gasteiger partial charge is 0.459 e. The zero-order chi connectivity index (χ0) is 11.8. The summed E-state index contributed by atoms with van der Waals surface area (Å²) < 4.78 is 4.99. The third kappa shape index (κ3) is 4.68. The van der Waals surface area contributed by atoms with Crippen LogP contribution in [0, 0.1) is 0 Å². The SMILES string of the molecule is CSCCC(O)COC(=O)c1ccccc1. The van der Waals surface area contributed by atoms with Crippen LogP contribution in [0.25, 0.3) is 0 Å². The van der Waals surface area contributed by atoms with E-state index in [1.54, 1.807) is 36.0 Å². The molecule has 88 valence electrons. The van der Waals surface area contributed by atoms with Crippen molar-refractivity contribution in [3.63, 3.8) is 0 Å². The van der Waals surface area contributed by atoms with Gasteiger partial charge in [0.25, 0.3) is 0 Å². The van der Waals surface area contributed by atoms with Crippen LogP contribution in [0.5, 0.6) is 0 Å². The van der Waals surface area contributed by atoms with Crippen LogP contribution in [0.4, 0.5) is 0 Å². The second-order valence-electron chi connectivity index (χ2n) is 3.40. The number of thioether (sulfide) groups is 1. The van der Waals surface area contributed by atoms with Crippen LogP contribution in [-0.4, -0.2) is 35.8 Å². The summed E-state index contributed by atoms with van der Waals surface area (Å²) >= 11 is 1.66. The highest BCUT2D eigenvalue weighted by molar-refractivity contribution is 7.98. The van der Waals surface area contributed by atoms with Crippen molar-refractivity contribution in [1.29, 1.82) is 0 Å². The van der Waals surface area contributed by atoms with Crippen molar-refractivity contribution in [3.8, 4) is 0 Å². The molecule has 16 heavy (non-hydrogen) atoms. The lowest BCUT2D eigenvalue weighted by Gasteiger charge is -2.10. The molecule has 1 atom stereocenters. The average molecular weight is 240 g/mol. The van der Waals surface area contributed by atoms with Crippen molar-refractivity contribution in [1.82, 2.24) is 0 Å². The number of hydrogen-bond acceptors (Lipinski definition) is 4. The molecule has 0 radical (unpaired) electrons. The molecule has 0 bridgehead atoms. The van der Waals surface area contributed by atoms with Crippen molar-refractivity contribution in [2.45, 2.75) is 12.5 Å². The van der Waals surface area contributed by atoms with Gasteiger partial charge >= 0.3 is 5.97 Å². The van der Waals surface area contributed by atoms with E-state index >= 15 is 0 Å². The molecule has 0 aliphatic rings.